The fraction of sp³-hybridized carbons (Fsp3) is 0.350. The van der Waals surface area contributed by atoms with Gasteiger partial charge >= 0.3 is 18.4 Å². The molecule has 0 N–H and O–H groups in total. The number of fused-ring (bicyclic) bond motifs is 2. The molecule has 3 heterocycles. The van der Waals surface area contributed by atoms with Crippen molar-refractivity contribution in [2.75, 3.05) is 18.0 Å². The van der Waals surface area contributed by atoms with Gasteiger partial charge in [0.2, 0.25) is 5.75 Å². The highest BCUT2D eigenvalue weighted by atomic mass is 19.3. The number of rotatable bonds is 6. The van der Waals surface area contributed by atoms with Crippen LogP contribution in [-0.2, 0) is 11.3 Å². The molecular formula is C20H19F2N3O5. The van der Waals surface area contributed by atoms with Crippen LogP contribution in [0, 0.1) is 10.1 Å². The van der Waals surface area contributed by atoms with Gasteiger partial charge < -0.3 is 19.3 Å². The molecular weight excluding hydrogens is 400 g/mol. The molecule has 5 rings (SSSR count). The molecule has 2 aromatic carbocycles. The van der Waals surface area contributed by atoms with E-state index in [1.54, 1.807) is 4.90 Å². The number of piperidine rings is 1. The average molecular weight is 420 g/mol. The van der Waals surface area contributed by atoms with E-state index >= 15 is 0 Å². The van der Waals surface area contributed by atoms with Crippen LogP contribution in [0.4, 0.5) is 25.0 Å². The minimum atomic E-state index is -4.30. The Morgan fingerprint density at radius 1 is 1.23 bits per heavy atom. The number of anilines is 1. The number of alkyl halides is 2. The van der Waals surface area contributed by atoms with E-state index in [0.29, 0.717) is 18.8 Å². The number of nitro benzene ring substituents is 1. The summed E-state index contributed by atoms with van der Waals surface area (Å²) in [6.45, 7) is -3.37. The van der Waals surface area contributed by atoms with Crippen LogP contribution in [0.15, 0.2) is 48.5 Å². The zero-order valence-corrected chi connectivity index (χ0v) is 15.7. The molecule has 3 aliphatic rings. The van der Waals surface area contributed by atoms with Crippen LogP contribution in [0.3, 0.4) is 0 Å². The van der Waals surface area contributed by atoms with Crippen molar-refractivity contribution in [2.45, 2.75) is 31.7 Å². The number of carbonyl (C=O) groups is 1. The number of halogens is 2. The normalized spacial score (nSPS) is 20.8. The molecule has 0 radical (unpaired) electrons. The van der Waals surface area contributed by atoms with Crippen LogP contribution in [0.2, 0.25) is 0 Å². The van der Waals surface area contributed by atoms with Gasteiger partial charge in [-0.15, -0.1) is 0 Å². The number of ether oxygens (including phenoxy) is 2. The van der Waals surface area contributed by atoms with Gasteiger partial charge in [-0.2, -0.15) is 8.78 Å². The lowest BCUT2D eigenvalue weighted by Crippen LogP contribution is -2.69. The van der Waals surface area contributed by atoms with Crippen molar-refractivity contribution in [3.8, 4) is 5.75 Å². The van der Waals surface area contributed by atoms with Gasteiger partial charge in [0.15, 0.2) is 1.37 Å². The van der Waals surface area contributed by atoms with Gasteiger partial charge in [-0.25, -0.2) is 4.79 Å². The van der Waals surface area contributed by atoms with Gasteiger partial charge in [0.1, 0.15) is 6.61 Å². The second-order valence-electron chi connectivity index (χ2n) is 7.13. The molecule has 2 unspecified atom stereocenters. The Balaban J connectivity index is 1.42. The number of benzene rings is 2. The molecule has 3 fully saturated rings. The summed E-state index contributed by atoms with van der Waals surface area (Å²) in [6.07, 6.45) is 0.365. The van der Waals surface area contributed by atoms with E-state index in [9.17, 15) is 23.7 Å². The molecule has 8 nitrogen and oxygen atoms in total. The Morgan fingerprint density at radius 2 is 1.93 bits per heavy atom. The van der Waals surface area contributed by atoms with E-state index in [0.717, 1.165) is 24.1 Å². The zero-order valence-electron chi connectivity index (χ0n) is 16.7. The highest BCUT2D eigenvalue weighted by Crippen LogP contribution is 2.41. The van der Waals surface area contributed by atoms with Gasteiger partial charge in [-0.3, -0.25) is 10.1 Å². The summed E-state index contributed by atoms with van der Waals surface area (Å²) in [5.41, 5.74) is 0.695. The first-order chi connectivity index (χ1) is 14.7. The predicted molar refractivity (Wildman–Crippen MR) is 103 cm³/mol. The number of nitrogens with zero attached hydrogens (tertiary/aromatic N) is 3. The molecule has 2 bridgehead atoms. The topological polar surface area (TPSA) is 85.2 Å². The van der Waals surface area contributed by atoms with Crippen LogP contribution < -0.4 is 9.64 Å². The number of piperazine rings is 1. The van der Waals surface area contributed by atoms with E-state index in [-0.39, 0.29) is 18.7 Å². The van der Waals surface area contributed by atoms with Crippen LogP contribution in [0.25, 0.3) is 0 Å². The summed E-state index contributed by atoms with van der Waals surface area (Å²) in [4.78, 5) is 26.2. The molecule has 0 aromatic heterocycles. The third-order valence-corrected chi connectivity index (χ3v) is 5.28. The maximum absolute atomic E-state index is 13.0. The summed E-state index contributed by atoms with van der Waals surface area (Å²) in [7, 11) is 0. The van der Waals surface area contributed by atoms with E-state index in [4.69, 9.17) is 6.11 Å². The monoisotopic (exact) mass is 420 g/mol. The van der Waals surface area contributed by atoms with Crippen molar-refractivity contribution < 1.29 is 29.3 Å². The van der Waals surface area contributed by atoms with Crippen molar-refractivity contribution in [3.05, 3.63) is 64.2 Å². The average Bonchev–Trinajstić information content (AvgIpc) is 2.71. The van der Waals surface area contributed by atoms with Crippen molar-refractivity contribution in [3.63, 3.8) is 0 Å². The Morgan fingerprint density at radius 3 is 2.57 bits per heavy atom. The first kappa shape index (κ1) is 18.6. The van der Waals surface area contributed by atoms with Gasteiger partial charge in [0, 0.05) is 43.0 Å². The molecule has 0 spiro atoms. The zero-order chi connectivity index (χ0) is 22.2. The van der Waals surface area contributed by atoms with E-state index in [2.05, 4.69) is 4.74 Å². The molecule has 2 atom stereocenters. The number of hydrogen-bond acceptors (Lipinski definition) is 6. The maximum atomic E-state index is 13.0. The fourth-order valence-corrected chi connectivity index (χ4v) is 3.97. The Labute approximate surface area is 172 Å². The molecule has 158 valence electrons. The van der Waals surface area contributed by atoms with Gasteiger partial charge in [-0.05, 0) is 18.1 Å². The van der Waals surface area contributed by atoms with Crippen LogP contribution in [0.5, 0.6) is 5.75 Å². The lowest BCUT2D eigenvalue weighted by Gasteiger charge is -2.57. The minimum absolute atomic E-state index is 0.0751. The van der Waals surface area contributed by atoms with E-state index < -0.39 is 29.0 Å². The second kappa shape index (κ2) is 8.13. The van der Waals surface area contributed by atoms with Crippen molar-refractivity contribution in [1.82, 2.24) is 4.90 Å². The van der Waals surface area contributed by atoms with E-state index in [1.165, 1.54) is 6.07 Å². The standard InChI is InChI=1S/C20H19F2N3O5/c21-19(22)30-18-9-14(6-7-17(18)25(27)28)24-15-8-16(24)11-23(10-15)20(26)29-12-13-4-2-1-3-5-13/h1-7,9,15-16,19H,8,10-12H2/i19D. The Kier molecular flexibility index (Phi) is 5.04. The first-order valence-electron chi connectivity index (χ1n) is 9.80. The molecule has 0 saturated carbocycles. The molecule has 3 aliphatic heterocycles. The lowest BCUT2D eigenvalue weighted by molar-refractivity contribution is -0.386. The second-order valence-corrected chi connectivity index (χ2v) is 7.13. The fourth-order valence-electron chi connectivity index (χ4n) is 3.97. The number of carbonyl (C=O) groups excluding carboxylic acids is 1. The first-order valence-corrected chi connectivity index (χ1v) is 9.30. The summed E-state index contributed by atoms with van der Waals surface area (Å²) in [6, 6.07) is 12.8. The van der Waals surface area contributed by atoms with Crippen LogP contribution in [0.1, 0.15) is 13.4 Å². The van der Waals surface area contributed by atoms with Gasteiger partial charge in [-0.1, -0.05) is 30.3 Å². The van der Waals surface area contributed by atoms with Crippen LogP contribution in [-0.4, -0.2) is 47.7 Å². The lowest BCUT2D eigenvalue weighted by atomic mass is 9.86. The molecule has 30 heavy (non-hydrogen) atoms. The third kappa shape index (κ3) is 3.98. The largest absolute Gasteiger partial charge is 0.445 e. The predicted octanol–water partition coefficient (Wildman–Crippen LogP) is 3.80. The SMILES string of the molecule is [2H]C(F)(F)Oc1cc(N2C3CC2CN(C(=O)OCc2ccccc2)C3)ccc1[N+](=O)[O-]. The highest BCUT2D eigenvalue weighted by molar-refractivity contribution is 5.70. The smallest absolute Gasteiger partial charge is 0.410 e. The number of hydrogen-bond donors (Lipinski definition) is 0. The van der Waals surface area contributed by atoms with Crippen molar-refractivity contribution in [1.29, 1.82) is 0 Å². The van der Waals surface area contributed by atoms with Crippen LogP contribution >= 0.6 is 0 Å². The quantitative estimate of drug-likeness (QED) is 0.522. The van der Waals surface area contributed by atoms with Crippen molar-refractivity contribution >= 4 is 17.5 Å². The minimum Gasteiger partial charge on any atom is -0.445 e. The number of nitro groups is 1. The summed E-state index contributed by atoms with van der Waals surface area (Å²) in [5.74, 6) is -0.674. The van der Waals surface area contributed by atoms with Gasteiger partial charge in [0.25, 0.3) is 0 Å². The maximum Gasteiger partial charge on any atom is 0.410 e. The third-order valence-electron chi connectivity index (χ3n) is 5.28. The summed E-state index contributed by atoms with van der Waals surface area (Å²) >= 11 is 0. The van der Waals surface area contributed by atoms with Crippen molar-refractivity contribution in [2.24, 2.45) is 0 Å². The molecule has 3 saturated heterocycles. The summed E-state index contributed by atoms with van der Waals surface area (Å²) in [5, 5.41) is 11.1. The Bertz CT molecular complexity index is 977. The molecule has 2 aromatic rings. The van der Waals surface area contributed by atoms with Gasteiger partial charge in [0.05, 0.1) is 4.92 Å². The molecule has 10 heteroatoms. The van der Waals surface area contributed by atoms with E-state index in [1.807, 2.05) is 35.2 Å². The summed E-state index contributed by atoms with van der Waals surface area (Å²) < 4.78 is 42.1. The number of amides is 1. The molecule has 0 aliphatic carbocycles. The highest BCUT2D eigenvalue weighted by Gasteiger charge is 2.46. The Hall–Kier alpha value is -3.43. The molecule has 1 amide bonds.